The molecule has 0 spiro atoms. The predicted octanol–water partition coefficient (Wildman–Crippen LogP) is 6.39. The van der Waals surface area contributed by atoms with Crippen LogP contribution < -0.4 is 9.47 Å². The van der Waals surface area contributed by atoms with Gasteiger partial charge in [0.2, 0.25) is 0 Å². The summed E-state index contributed by atoms with van der Waals surface area (Å²) in [5.41, 5.74) is 12.8. The first kappa shape index (κ1) is 41.4. The van der Waals surface area contributed by atoms with Crippen LogP contribution in [0.4, 0.5) is 0 Å². The first-order valence-corrected chi connectivity index (χ1v) is 18.1. The largest absolute Gasteiger partial charge is 3.00 e. The zero-order valence-corrected chi connectivity index (χ0v) is 33.7. The maximum atomic E-state index is 9.74. The number of benzene rings is 1. The minimum atomic E-state index is -0.0110. The van der Waals surface area contributed by atoms with Gasteiger partial charge in [-0.2, -0.15) is 0 Å². The second kappa shape index (κ2) is 20.2. The Morgan fingerprint density at radius 3 is 1.35 bits per heavy atom. The molecule has 52 heavy (non-hydrogen) atoms. The van der Waals surface area contributed by atoms with Gasteiger partial charge in [0.1, 0.15) is 0 Å². The van der Waals surface area contributed by atoms with E-state index in [9.17, 15) is 20.4 Å². The standard InChI is InChI=1S/C40H51N5O6.Y/c1-5-27-28(6-2)32-20-34-30(12-8-14-47)26(4)38(45-34)24-42-36-22-40(51-18-10-16-49)39(50-17-9-15-48)21-35(36)41-23-37-25(3)29(11-7-13-46)33(44-37)19-31(27)43-32;/h19-24,43,46-49H,5-18H2,1-4H3;/q;+3. The first-order valence-electron chi connectivity index (χ1n) is 18.1. The number of aryl methyl sites for hydroxylation is 2. The van der Waals surface area contributed by atoms with Gasteiger partial charge in [-0.15, -0.1) is 0 Å². The van der Waals surface area contributed by atoms with E-state index in [1.54, 1.807) is 24.5 Å². The second-order valence-corrected chi connectivity index (χ2v) is 12.7. The number of allylic oxidation sites excluding steroid dienone is 4. The summed E-state index contributed by atoms with van der Waals surface area (Å²) >= 11 is 0. The van der Waals surface area contributed by atoms with E-state index in [0.29, 0.717) is 61.1 Å². The molecule has 1 aromatic carbocycles. The van der Waals surface area contributed by atoms with Crippen LogP contribution in [0.25, 0.3) is 44.4 Å². The van der Waals surface area contributed by atoms with E-state index in [4.69, 9.17) is 29.4 Å². The Bertz CT molecular complexity index is 1840. The third-order valence-electron chi connectivity index (χ3n) is 9.31. The molecule has 0 fully saturated rings. The fourth-order valence-corrected chi connectivity index (χ4v) is 6.56. The molecule has 12 heteroatoms. The van der Waals surface area contributed by atoms with E-state index >= 15 is 0 Å². The number of aliphatic hydroxyl groups excluding tert-OH is 4. The molecule has 5 N–H and O–H groups in total. The molecular weight excluding hydrogens is 735 g/mol. The number of nitrogens with one attached hydrogen (secondary N) is 1. The van der Waals surface area contributed by atoms with Crippen molar-refractivity contribution in [2.75, 3.05) is 39.6 Å². The van der Waals surface area contributed by atoms with E-state index in [0.717, 1.165) is 68.9 Å². The van der Waals surface area contributed by atoms with Gasteiger partial charge < -0.3 is 34.9 Å². The van der Waals surface area contributed by atoms with Crippen molar-refractivity contribution in [3.8, 4) is 11.5 Å². The van der Waals surface area contributed by atoms with Gasteiger partial charge in [0.25, 0.3) is 0 Å². The number of fused-ring (bicyclic) bond motifs is 7. The number of nitrogens with zero attached hydrogens (tertiary/aromatic N) is 4. The fourth-order valence-electron chi connectivity index (χ4n) is 6.56. The van der Waals surface area contributed by atoms with Crippen LogP contribution in [0.2, 0.25) is 0 Å². The molecule has 3 aromatic rings. The van der Waals surface area contributed by atoms with Crippen LogP contribution in [0.5, 0.6) is 11.5 Å². The summed E-state index contributed by atoms with van der Waals surface area (Å²) in [5.74, 6) is 0.908. The van der Waals surface area contributed by atoms with Crippen molar-refractivity contribution in [1.82, 2.24) is 24.9 Å². The van der Waals surface area contributed by atoms with E-state index in [2.05, 4.69) is 31.0 Å². The zero-order chi connectivity index (χ0) is 36.3. The van der Waals surface area contributed by atoms with Crippen molar-refractivity contribution in [3.63, 3.8) is 0 Å². The van der Waals surface area contributed by atoms with Crippen LogP contribution in [-0.4, -0.2) is 85.0 Å². The van der Waals surface area contributed by atoms with Crippen molar-refractivity contribution in [3.05, 3.63) is 70.6 Å². The molecule has 272 valence electrons. The second-order valence-electron chi connectivity index (χ2n) is 12.7. The smallest absolute Gasteiger partial charge is 0.490 e. The summed E-state index contributed by atoms with van der Waals surface area (Å²) in [6.45, 7) is 9.10. The number of hydrogen-bond donors (Lipinski definition) is 5. The maximum Gasteiger partial charge on any atom is 3.00 e. The monoisotopic (exact) mass is 786 g/mol. The average molecular weight is 787 g/mol. The molecule has 2 aliphatic rings. The molecule has 0 aliphatic carbocycles. The summed E-state index contributed by atoms with van der Waals surface area (Å²) in [4.78, 5) is 23.7. The number of rotatable bonds is 16. The van der Waals surface area contributed by atoms with Crippen molar-refractivity contribution < 1.29 is 62.6 Å². The Kier molecular flexibility index (Phi) is 16.1. The molecule has 0 unspecified atom stereocenters. The van der Waals surface area contributed by atoms with Crippen LogP contribution in [0.15, 0.2) is 36.7 Å². The van der Waals surface area contributed by atoms with Crippen LogP contribution in [-0.2, 0) is 45.6 Å². The number of hydrogen-bond acceptors (Lipinski definition) is 10. The van der Waals surface area contributed by atoms with Gasteiger partial charge in [-0.3, -0.25) is 9.97 Å². The van der Waals surface area contributed by atoms with Gasteiger partial charge >= 0.3 is 32.7 Å². The molecule has 0 atom stereocenters. The number of H-pyrrole nitrogens is 1. The van der Waals surface area contributed by atoms with E-state index in [-0.39, 0.29) is 72.4 Å². The van der Waals surface area contributed by atoms with Crippen LogP contribution in [0, 0.1) is 0 Å². The van der Waals surface area contributed by atoms with Crippen LogP contribution in [0.3, 0.4) is 0 Å². The molecule has 0 amide bonds. The minimum absolute atomic E-state index is 0. The molecular formula is C40H51N5O6Y+3. The summed E-state index contributed by atoms with van der Waals surface area (Å²) in [7, 11) is 0. The molecule has 2 aliphatic heterocycles. The van der Waals surface area contributed by atoms with Gasteiger partial charge in [-0.1, -0.05) is 13.8 Å². The fraction of sp³-hybridized carbons (Fsp3) is 0.450. The summed E-state index contributed by atoms with van der Waals surface area (Å²) in [6.07, 6.45) is 8.63. The molecule has 5 rings (SSSR count). The Hall–Kier alpha value is -3.32. The van der Waals surface area contributed by atoms with Gasteiger partial charge in [0.05, 0.1) is 59.4 Å². The minimum Gasteiger partial charge on any atom is -0.490 e. The zero-order valence-electron chi connectivity index (χ0n) is 30.8. The SMILES string of the molecule is CCc1c(CC)c2cc3nc(cnc4cc(OCCCO)c(OCCCO)cc4ncc4nc(cc1[nH]2)C(CCCO)=C4C)C(C)=C3CCCO.[Y+3]. The summed E-state index contributed by atoms with van der Waals surface area (Å²) < 4.78 is 12.1. The molecule has 0 radical (unpaired) electrons. The third kappa shape index (κ3) is 9.61. The number of ether oxygens (including phenoxy) is 2. The predicted molar refractivity (Wildman–Crippen MR) is 202 cm³/mol. The van der Waals surface area contributed by atoms with Crippen LogP contribution >= 0.6 is 0 Å². The number of aromatic amines is 1. The number of aliphatic hydroxyl groups is 4. The molecule has 2 aromatic heterocycles. The Labute approximate surface area is 330 Å². The van der Waals surface area contributed by atoms with Crippen molar-refractivity contribution >= 4 is 44.4 Å². The van der Waals surface area contributed by atoms with Gasteiger partial charge in [0, 0.05) is 62.4 Å². The van der Waals surface area contributed by atoms with Gasteiger partial charge in [-0.25, -0.2) is 9.97 Å². The Morgan fingerprint density at radius 1 is 0.577 bits per heavy atom. The molecule has 0 saturated heterocycles. The molecule has 4 heterocycles. The van der Waals surface area contributed by atoms with Crippen LogP contribution in [0.1, 0.15) is 100 Å². The normalized spacial score (nSPS) is 12.6. The summed E-state index contributed by atoms with van der Waals surface area (Å²) in [5, 5.41) is 38.2. The summed E-state index contributed by atoms with van der Waals surface area (Å²) in [6, 6.07) is 7.79. The van der Waals surface area contributed by atoms with Crippen molar-refractivity contribution in [2.24, 2.45) is 0 Å². The number of aromatic nitrogens is 5. The van der Waals surface area contributed by atoms with E-state index in [1.807, 2.05) is 13.8 Å². The third-order valence-corrected chi connectivity index (χ3v) is 9.31. The molecule has 6 bridgehead atoms. The van der Waals surface area contributed by atoms with Gasteiger partial charge in [-0.05, 0) is 97.9 Å². The van der Waals surface area contributed by atoms with Crippen molar-refractivity contribution in [2.45, 2.75) is 79.1 Å². The van der Waals surface area contributed by atoms with E-state index in [1.165, 1.54) is 11.1 Å². The molecule has 0 saturated carbocycles. The van der Waals surface area contributed by atoms with E-state index < -0.39 is 0 Å². The Morgan fingerprint density at radius 2 is 0.981 bits per heavy atom. The quantitative estimate of drug-likeness (QED) is 0.103. The van der Waals surface area contributed by atoms with Crippen molar-refractivity contribution in [1.29, 1.82) is 0 Å². The maximum absolute atomic E-state index is 9.74. The first-order chi connectivity index (χ1) is 24.9. The topological polar surface area (TPSA) is 167 Å². The Balaban J connectivity index is 0.00000605. The average Bonchev–Trinajstić information content (AvgIpc) is 3.73. The van der Waals surface area contributed by atoms with Gasteiger partial charge in [0.15, 0.2) is 11.5 Å². The molecule has 11 nitrogen and oxygen atoms in total.